The number of benzene rings is 2. The lowest BCUT2D eigenvalue weighted by Crippen LogP contribution is -1.98. The Hall–Kier alpha value is -2.55. The van der Waals surface area contributed by atoms with Crippen molar-refractivity contribution in [2.45, 2.75) is 26.8 Å². The lowest BCUT2D eigenvalue weighted by molar-refractivity contribution is 0.399. The molecule has 0 saturated carbocycles. The maximum atomic E-state index is 10.6. The lowest BCUT2D eigenvalue weighted by Gasteiger charge is -2.04. The first-order chi connectivity index (χ1) is 10.7. The van der Waals surface area contributed by atoms with Gasteiger partial charge >= 0.3 is 0 Å². The van der Waals surface area contributed by atoms with Crippen molar-refractivity contribution in [2.75, 3.05) is 0 Å². The van der Waals surface area contributed by atoms with Crippen molar-refractivity contribution in [2.24, 2.45) is 0 Å². The summed E-state index contributed by atoms with van der Waals surface area (Å²) >= 11 is 0. The zero-order chi connectivity index (χ0) is 15.5. The standard InChI is InChI=1S/C19H20N2O/c1-3-13-21-19(22)17(15-7-5-4-6-8-15)18(20-21)16-11-9-14(2)10-12-16/h4-12,22H,3,13H2,1-2H3. The molecule has 3 aromatic rings. The van der Waals surface area contributed by atoms with Crippen LogP contribution in [-0.2, 0) is 6.54 Å². The van der Waals surface area contributed by atoms with E-state index in [2.05, 4.69) is 43.2 Å². The minimum Gasteiger partial charge on any atom is -0.493 e. The minimum atomic E-state index is 0.239. The zero-order valence-corrected chi connectivity index (χ0v) is 13.0. The molecule has 0 radical (unpaired) electrons. The first kappa shape index (κ1) is 14.4. The van der Waals surface area contributed by atoms with E-state index in [4.69, 9.17) is 0 Å². The Bertz CT molecular complexity index is 758. The summed E-state index contributed by atoms with van der Waals surface area (Å²) in [7, 11) is 0. The summed E-state index contributed by atoms with van der Waals surface area (Å²) in [5.74, 6) is 0.239. The third-order valence-corrected chi connectivity index (χ3v) is 3.75. The second kappa shape index (κ2) is 6.06. The maximum Gasteiger partial charge on any atom is 0.218 e. The summed E-state index contributed by atoms with van der Waals surface area (Å²) in [5.41, 5.74) is 4.85. The van der Waals surface area contributed by atoms with Crippen LogP contribution in [0.5, 0.6) is 5.88 Å². The molecule has 1 aromatic heterocycles. The summed E-state index contributed by atoms with van der Waals surface area (Å²) in [4.78, 5) is 0. The molecule has 3 nitrogen and oxygen atoms in total. The molecule has 0 aliphatic carbocycles. The molecule has 0 aliphatic rings. The van der Waals surface area contributed by atoms with Gasteiger partial charge in [-0.25, -0.2) is 4.68 Å². The monoisotopic (exact) mass is 292 g/mol. The predicted molar refractivity (Wildman–Crippen MR) is 89.8 cm³/mol. The van der Waals surface area contributed by atoms with E-state index >= 15 is 0 Å². The molecule has 0 saturated heterocycles. The van der Waals surface area contributed by atoms with Crippen LogP contribution in [0.4, 0.5) is 0 Å². The molecule has 2 aromatic carbocycles. The number of nitrogens with zero attached hydrogens (tertiary/aromatic N) is 2. The summed E-state index contributed by atoms with van der Waals surface area (Å²) < 4.78 is 1.69. The Labute approximate surface area is 130 Å². The molecular formula is C19H20N2O. The van der Waals surface area contributed by atoms with Crippen LogP contribution in [0.2, 0.25) is 0 Å². The molecule has 0 amide bonds. The molecule has 112 valence electrons. The number of rotatable bonds is 4. The first-order valence-corrected chi connectivity index (χ1v) is 7.63. The minimum absolute atomic E-state index is 0.239. The van der Waals surface area contributed by atoms with E-state index in [-0.39, 0.29) is 5.88 Å². The second-order valence-corrected chi connectivity index (χ2v) is 5.50. The summed E-state index contributed by atoms with van der Waals surface area (Å²) in [6.07, 6.45) is 0.927. The third kappa shape index (κ3) is 2.62. The van der Waals surface area contributed by atoms with Crippen molar-refractivity contribution in [1.82, 2.24) is 9.78 Å². The van der Waals surface area contributed by atoms with Gasteiger partial charge in [0.05, 0.1) is 5.56 Å². The van der Waals surface area contributed by atoms with Gasteiger partial charge in [-0.2, -0.15) is 5.10 Å². The molecular weight excluding hydrogens is 272 g/mol. The van der Waals surface area contributed by atoms with Crippen LogP contribution >= 0.6 is 0 Å². The first-order valence-electron chi connectivity index (χ1n) is 7.63. The van der Waals surface area contributed by atoms with E-state index < -0.39 is 0 Å². The van der Waals surface area contributed by atoms with Gasteiger partial charge in [0.2, 0.25) is 5.88 Å². The Morgan fingerprint density at radius 1 is 0.955 bits per heavy atom. The van der Waals surface area contributed by atoms with Gasteiger partial charge in [-0.3, -0.25) is 0 Å². The van der Waals surface area contributed by atoms with Gasteiger partial charge in [-0.1, -0.05) is 67.1 Å². The molecule has 0 bridgehead atoms. The zero-order valence-electron chi connectivity index (χ0n) is 13.0. The topological polar surface area (TPSA) is 38.0 Å². The van der Waals surface area contributed by atoms with Gasteiger partial charge < -0.3 is 5.11 Å². The average Bonchev–Trinajstić information content (AvgIpc) is 2.86. The van der Waals surface area contributed by atoms with Crippen LogP contribution in [0.15, 0.2) is 54.6 Å². The summed E-state index contributed by atoms with van der Waals surface area (Å²) in [6, 6.07) is 18.2. The number of hydrogen-bond donors (Lipinski definition) is 1. The fourth-order valence-electron chi connectivity index (χ4n) is 2.60. The van der Waals surface area contributed by atoms with E-state index in [0.29, 0.717) is 6.54 Å². The Kier molecular flexibility index (Phi) is 3.96. The van der Waals surface area contributed by atoms with Gasteiger partial charge in [0.15, 0.2) is 0 Å². The maximum absolute atomic E-state index is 10.6. The van der Waals surface area contributed by atoms with Gasteiger partial charge in [-0.05, 0) is 18.9 Å². The highest BCUT2D eigenvalue weighted by Crippen LogP contribution is 2.38. The fourth-order valence-corrected chi connectivity index (χ4v) is 2.60. The number of hydrogen-bond acceptors (Lipinski definition) is 2. The number of aromatic nitrogens is 2. The van der Waals surface area contributed by atoms with Gasteiger partial charge in [0, 0.05) is 12.1 Å². The molecule has 1 heterocycles. The molecule has 0 atom stereocenters. The van der Waals surface area contributed by atoms with Gasteiger partial charge in [0.1, 0.15) is 5.69 Å². The van der Waals surface area contributed by atoms with Crippen molar-refractivity contribution in [3.05, 3.63) is 60.2 Å². The summed E-state index contributed by atoms with van der Waals surface area (Å²) in [6.45, 7) is 4.85. The van der Waals surface area contributed by atoms with E-state index in [1.165, 1.54) is 5.56 Å². The molecule has 1 N–H and O–H groups in total. The van der Waals surface area contributed by atoms with Gasteiger partial charge in [-0.15, -0.1) is 0 Å². The van der Waals surface area contributed by atoms with Crippen molar-refractivity contribution < 1.29 is 5.11 Å². The highest BCUT2D eigenvalue weighted by Gasteiger charge is 2.19. The predicted octanol–water partition coefficient (Wildman–Crippen LogP) is 4.64. The van der Waals surface area contributed by atoms with Crippen molar-refractivity contribution in [3.63, 3.8) is 0 Å². The molecule has 0 fully saturated rings. The average molecular weight is 292 g/mol. The van der Waals surface area contributed by atoms with E-state index in [1.54, 1.807) is 4.68 Å². The molecule has 0 aliphatic heterocycles. The Morgan fingerprint density at radius 3 is 2.27 bits per heavy atom. The second-order valence-electron chi connectivity index (χ2n) is 5.50. The number of aryl methyl sites for hydroxylation is 2. The highest BCUT2D eigenvalue weighted by atomic mass is 16.3. The molecule has 3 rings (SSSR count). The van der Waals surface area contributed by atoms with E-state index in [1.807, 2.05) is 30.3 Å². The van der Waals surface area contributed by atoms with Crippen LogP contribution in [0.25, 0.3) is 22.4 Å². The van der Waals surface area contributed by atoms with Crippen molar-refractivity contribution >= 4 is 0 Å². The largest absolute Gasteiger partial charge is 0.493 e. The Balaban J connectivity index is 2.20. The Morgan fingerprint density at radius 2 is 1.64 bits per heavy atom. The normalized spacial score (nSPS) is 10.8. The smallest absolute Gasteiger partial charge is 0.218 e. The van der Waals surface area contributed by atoms with Crippen LogP contribution in [0.3, 0.4) is 0 Å². The summed E-state index contributed by atoms with van der Waals surface area (Å²) in [5, 5.41) is 15.3. The van der Waals surface area contributed by atoms with Crippen LogP contribution in [0, 0.1) is 6.92 Å². The van der Waals surface area contributed by atoms with E-state index in [9.17, 15) is 5.11 Å². The lowest BCUT2D eigenvalue weighted by atomic mass is 10.0. The van der Waals surface area contributed by atoms with Crippen molar-refractivity contribution in [3.8, 4) is 28.3 Å². The molecule has 0 unspecified atom stereocenters. The van der Waals surface area contributed by atoms with Crippen molar-refractivity contribution in [1.29, 1.82) is 0 Å². The highest BCUT2D eigenvalue weighted by molar-refractivity contribution is 5.84. The molecule has 3 heteroatoms. The van der Waals surface area contributed by atoms with Crippen LogP contribution in [-0.4, -0.2) is 14.9 Å². The van der Waals surface area contributed by atoms with Gasteiger partial charge in [0.25, 0.3) is 0 Å². The third-order valence-electron chi connectivity index (χ3n) is 3.75. The molecule has 22 heavy (non-hydrogen) atoms. The van der Waals surface area contributed by atoms with Crippen LogP contribution < -0.4 is 0 Å². The van der Waals surface area contributed by atoms with E-state index in [0.717, 1.165) is 28.8 Å². The quantitative estimate of drug-likeness (QED) is 0.760. The number of aromatic hydroxyl groups is 1. The fraction of sp³-hybridized carbons (Fsp3) is 0.211. The SMILES string of the molecule is CCCn1nc(-c2ccc(C)cc2)c(-c2ccccc2)c1O. The van der Waals surface area contributed by atoms with Crippen LogP contribution in [0.1, 0.15) is 18.9 Å². The molecule has 0 spiro atoms.